The van der Waals surface area contributed by atoms with Crippen molar-refractivity contribution in [3.05, 3.63) is 12.2 Å². The molecule has 2 unspecified atom stereocenters. The Labute approximate surface area is 125 Å². The number of unbranched alkanes of at least 4 members (excludes halogenated alkanes) is 1. The molecule has 1 fully saturated rings. The highest BCUT2D eigenvalue weighted by Crippen LogP contribution is 2.17. The summed E-state index contributed by atoms with van der Waals surface area (Å²) in [7, 11) is -1.35. The summed E-state index contributed by atoms with van der Waals surface area (Å²) >= 11 is 0. The number of ether oxygens (including phenoxy) is 2. The molecule has 1 rings (SSSR count). The van der Waals surface area contributed by atoms with E-state index in [1.54, 1.807) is 0 Å². The normalized spacial score (nSPS) is 21.5. The van der Waals surface area contributed by atoms with E-state index >= 15 is 0 Å². The molecule has 114 valence electrons. The zero-order valence-electron chi connectivity index (χ0n) is 13.6. The van der Waals surface area contributed by atoms with Gasteiger partial charge in [0.05, 0.1) is 0 Å². The van der Waals surface area contributed by atoms with Gasteiger partial charge in [-0.25, -0.2) is 0 Å². The monoisotopic (exact) mass is 294 g/mol. The van der Waals surface area contributed by atoms with E-state index in [0.29, 0.717) is 0 Å². The van der Waals surface area contributed by atoms with Crippen LogP contribution in [-0.2, 0) is 9.47 Å². The summed E-state index contributed by atoms with van der Waals surface area (Å²) in [6.45, 7) is 9.81. The van der Waals surface area contributed by atoms with E-state index < -0.39 is 8.07 Å². The molecule has 0 aromatic carbocycles. The molecule has 0 aromatic heterocycles. The third-order valence-corrected chi connectivity index (χ3v) is 3.93. The second-order valence-electron chi connectivity index (χ2n) is 6.44. The van der Waals surface area contributed by atoms with Gasteiger partial charge in [-0.05, 0) is 25.7 Å². The fraction of sp³-hybridized carbons (Fsp3) is 0.765. The van der Waals surface area contributed by atoms with Gasteiger partial charge in [-0.3, -0.25) is 0 Å². The van der Waals surface area contributed by atoms with Crippen LogP contribution in [0.15, 0.2) is 12.2 Å². The van der Waals surface area contributed by atoms with Crippen molar-refractivity contribution in [1.82, 2.24) is 0 Å². The van der Waals surface area contributed by atoms with Crippen molar-refractivity contribution in [3.8, 4) is 11.5 Å². The Morgan fingerprint density at radius 3 is 2.70 bits per heavy atom. The Morgan fingerprint density at radius 2 is 2.10 bits per heavy atom. The zero-order chi connectivity index (χ0) is 14.8. The fourth-order valence-corrected chi connectivity index (χ4v) is 2.55. The predicted molar refractivity (Wildman–Crippen MR) is 88.3 cm³/mol. The van der Waals surface area contributed by atoms with Gasteiger partial charge in [-0.1, -0.05) is 51.1 Å². The maximum Gasteiger partial charge on any atom is 0.159 e. The van der Waals surface area contributed by atoms with Crippen LogP contribution >= 0.6 is 0 Å². The molecule has 0 N–H and O–H groups in total. The van der Waals surface area contributed by atoms with Gasteiger partial charge < -0.3 is 9.47 Å². The Hall–Kier alpha value is -0.563. The third-order valence-electron chi connectivity index (χ3n) is 3.03. The van der Waals surface area contributed by atoms with Gasteiger partial charge in [0.2, 0.25) is 0 Å². The molecule has 0 bridgehead atoms. The summed E-state index contributed by atoms with van der Waals surface area (Å²) in [6, 6.07) is 0. The lowest BCUT2D eigenvalue weighted by molar-refractivity contribution is -0.175. The average molecular weight is 295 g/mol. The van der Waals surface area contributed by atoms with Gasteiger partial charge in [0.1, 0.15) is 14.2 Å². The molecular formula is C17H30O2Si. The van der Waals surface area contributed by atoms with Gasteiger partial charge in [0, 0.05) is 13.0 Å². The van der Waals surface area contributed by atoms with Crippen molar-refractivity contribution in [2.75, 3.05) is 6.61 Å². The number of hydrogen-bond acceptors (Lipinski definition) is 2. The SMILES string of the molecule is CCC/C=C/CC(C#C[Si](C)(C)C)OC1CCCCO1. The largest absolute Gasteiger partial charge is 0.353 e. The highest BCUT2D eigenvalue weighted by Gasteiger charge is 2.18. The molecule has 1 aliphatic rings. The van der Waals surface area contributed by atoms with Crippen LogP contribution in [0.1, 0.15) is 45.4 Å². The second-order valence-corrected chi connectivity index (χ2v) is 11.2. The number of allylic oxidation sites excluding steroid dienone is 1. The summed E-state index contributed by atoms with van der Waals surface area (Å²) in [4.78, 5) is 0. The Morgan fingerprint density at radius 1 is 1.30 bits per heavy atom. The summed E-state index contributed by atoms with van der Waals surface area (Å²) in [5.74, 6) is 3.34. The quantitative estimate of drug-likeness (QED) is 0.407. The predicted octanol–water partition coefficient (Wildman–Crippen LogP) is 4.53. The van der Waals surface area contributed by atoms with E-state index in [2.05, 4.69) is 50.2 Å². The van der Waals surface area contributed by atoms with Crippen LogP contribution in [-0.4, -0.2) is 27.1 Å². The minimum atomic E-state index is -1.35. The molecule has 2 atom stereocenters. The minimum absolute atomic E-state index is 0.0158. The van der Waals surface area contributed by atoms with Crippen molar-refractivity contribution in [2.45, 2.75) is 77.5 Å². The topological polar surface area (TPSA) is 18.5 Å². The molecule has 0 amide bonds. The van der Waals surface area contributed by atoms with Crippen LogP contribution in [0.5, 0.6) is 0 Å². The maximum absolute atomic E-state index is 6.04. The highest BCUT2D eigenvalue weighted by atomic mass is 28.3. The van der Waals surface area contributed by atoms with Gasteiger partial charge in [-0.2, -0.15) is 0 Å². The van der Waals surface area contributed by atoms with Crippen LogP contribution in [0.2, 0.25) is 19.6 Å². The third kappa shape index (κ3) is 8.58. The highest BCUT2D eigenvalue weighted by molar-refractivity contribution is 6.83. The smallest absolute Gasteiger partial charge is 0.159 e. The summed E-state index contributed by atoms with van der Waals surface area (Å²) in [5, 5.41) is 0. The summed E-state index contributed by atoms with van der Waals surface area (Å²) < 4.78 is 11.7. The lowest BCUT2D eigenvalue weighted by Gasteiger charge is -2.25. The zero-order valence-corrected chi connectivity index (χ0v) is 14.6. The standard InChI is InChI=1S/C17H30O2Si/c1-5-6-7-8-11-16(13-15-20(2,3)4)19-17-12-9-10-14-18-17/h7-8,16-17H,5-6,9-12,14H2,1-4H3/b8-7+. The molecule has 1 heterocycles. The van der Waals surface area contributed by atoms with E-state index in [0.717, 1.165) is 32.3 Å². The van der Waals surface area contributed by atoms with Crippen molar-refractivity contribution in [3.63, 3.8) is 0 Å². The number of rotatable bonds is 6. The minimum Gasteiger partial charge on any atom is -0.353 e. The van der Waals surface area contributed by atoms with Crippen LogP contribution in [0.3, 0.4) is 0 Å². The van der Waals surface area contributed by atoms with Crippen molar-refractivity contribution in [1.29, 1.82) is 0 Å². The first-order chi connectivity index (χ1) is 9.51. The molecule has 0 spiro atoms. The molecule has 0 saturated carbocycles. The average Bonchev–Trinajstić information content (AvgIpc) is 2.41. The number of hydrogen-bond donors (Lipinski definition) is 0. The molecule has 3 heteroatoms. The first-order valence-corrected chi connectivity index (χ1v) is 11.5. The van der Waals surface area contributed by atoms with E-state index in [1.165, 1.54) is 12.8 Å². The van der Waals surface area contributed by atoms with Crippen LogP contribution in [0.25, 0.3) is 0 Å². The van der Waals surface area contributed by atoms with Crippen molar-refractivity contribution < 1.29 is 9.47 Å². The lowest BCUT2D eigenvalue weighted by Crippen LogP contribution is -2.27. The van der Waals surface area contributed by atoms with Crippen LogP contribution in [0, 0.1) is 11.5 Å². The molecule has 1 aliphatic heterocycles. The Bertz CT molecular complexity index is 340. The van der Waals surface area contributed by atoms with Crippen molar-refractivity contribution >= 4 is 8.07 Å². The molecule has 0 aliphatic carbocycles. The molecule has 2 nitrogen and oxygen atoms in total. The van der Waals surface area contributed by atoms with E-state index in [-0.39, 0.29) is 12.4 Å². The maximum atomic E-state index is 6.04. The van der Waals surface area contributed by atoms with Crippen LogP contribution in [0.4, 0.5) is 0 Å². The first-order valence-electron chi connectivity index (χ1n) is 7.96. The molecule has 0 aromatic rings. The van der Waals surface area contributed by atoms with Gasteiger partial charge in [0.25, 0.3) is 0 Å². The van der Waals surface area contributed by atoms with Gasteiger partial charge >= 0.3 is 0 Å². The summed E-state index contributed by atoms with van der Waals surface area (Å²) in [5.41, 5.74) is 3.43. The Kier molecular flexibility index (Phi) is 8.21. The lowest BCUT2D eigenvalue weighted by atomic mass is 10.2. The van der Waals surface area contributed by atoms with Gasteiger partial charge in [0.15, 0.2) is 6.29 Å². The van der Waals surface area contributed by atoms with E-state index in [9.17, 15) is 0 Å². The van der Waals surface area contributed by atoms with E-state index in [1.807, 2.05) is 0 Å². The molecular weight excluding hydrogens is 264 g/mol. The molecule has 0 radical (unpaired) electrons. The van der Waals surface area contributed by atoms with Crippen molar-refractivity contribution in [2.24, 2.45) is 0 Å². The first kappa shape index (κ1) is 17.5. The summed E-state index contributed by atoms with van der Waals surface area (Å²) in [6.07, 6.45) is 10.9. The Balaban J connectivity index is 2.54. The molecule has 1 saturated heterocycles. The molecule has 20 heavy (non-hydrogen) atoms. The van der Waals surface area contributed by atoms with Crippen LogP contribution < -0.4 is 0 Å². The van der Waals surface area contributed by atoms with Gasteiger partial charge in [-0.15, -0.1) is 5.54 Å². The second kappa shape index (κ2) is 9.39. The van der Waals surface area contributed by atoms with E-state index in [4.69, 9.17) is 9.47 Å². The fourth-order valence-electron chi connectivity index (χ4n) is 1.95.